The van der Waals surface area contributed by atoms with Gasteiger partial charge in [-0.15, -0.1) is 0 Å². The summed E-state index contributed by atoms with van der Waals surface area (Å²) in [6.07, 6.45) is 4.31. The zero-order chi connectivity index (χ0) is 39.6. The molecule has 0 radical (unpaired) electrons. The summed E-state index contributed by atoms with van der Waals surface area (Å²) in [5.74, 6) is -0.206. The molecule has 4 aliphatic heterocycles. The summed E-state index contributed by atoms with van der Waals surface area (Å²) < 4.78 is 13.2. The van der Waals surface area contributed by atoms with Gasteiger partial charge in [0, 0.05) is 74.6 Å². The monoisotopic (exact) mass is 765 g/mol. The number of hydrogen-bond acceptors (Lipinski definition) is 10. The van der Waals surface area contributed by atoms with E-state index in [1.807, 2.05) is 43.4 Å². The maximum Gasteiger partial charge on any atom is 0.317 e. The number of ether oxygens (including phenoxy) is 2. The second-order valence-corrected chi connectivity index (χ2v) is 15.8. The van der Waals surface area contributed by atoms with Gasteiger partial charge in [0.15, 0.2) is 0 Å². The van der Waals surface area contributed by atoms with Crippen molar-refractivity contribution >= 4 is 35.3 Å². The number of aryl methyl sites for hydroxylation is 1. The Bertz CT molecular complexity index is 2210. The summed E-state index contributed by atoms with van der Waals surface area (Å²) in [6.45, 7) is 2.69. The number of pyridine rings is 1. The first kappa shape index (κ1) is 37.2. The minimum atomic E-state index is -1.02. The van der Waals surface area contributed by atoms with Crippen molar-refractivity contribution in [2.45, 2.75) is 57.3 Å². The van der Waals surface area contributed by atoms with Gasteiger partial charge < -0.3 is 34.1 Å². The van der Waals surface area contributed by atoms with E-state index in [-0.39, 0.29) is 54.1 Å². The van der Waals surface area contributed by atoms with Crippen LogP contribution in [0, 0.1) is 11.8 Å². The van der Waals surface area contributed by atoms with Crippen molar-refractivity contribution in [3.05, 3.63) is 74.7 Å². The summed E-state index contributed by atoms with van der Waals surface area (Å²) in [5, 5.41) is 5.54. The third-order valence-electron chi connectivity index (χ3n) is 12.2. The molecule has 0 bridgehead atoms. The fraction of sp³-hybridized carbons (Fsp3) is 0.463. The van der Waals surface area contributed by atoms with Gasteiger partial charge in [-0.2, -0.15) is 0 Å². The minimum absolute atomic E-state index is 0.0608. The van der Waals surface area contributed by atoms with Crippen LogP contribution in [0.2, 0.25) is 0 Å². The molecule has 8 rings (SSSR count). The van der Waals surface area contributed by atoms with Crippen LogP contribution in [0.1, 0.15) is 63.1 Å². The van der Waals surface area contributed by atoms with E-state index in [2.05, 4.69) is 15.5 Å². The average molecular weight is 766 g/mol. The molecule has 4 unspecified atom stereocenters. The van der Waals surface area contributed by atoms with Crippen LogP contribution < -0.4 is 30.6 Å². The van der Waals surface area contributed by atoms with Crippen LogP contribution in [-0.2, 0) is 36.1 Å². The van der Waals surface area contributed by atoms with Crippen molar-refractivity contribution in [3.8, 4) is 22.6 Å². The van der Waals surface area contributed by atoms with Crippen LogP contribution in [0.4, 0.5) is 10.5 Å². The topological polar surface area (TPSA) is 163 Å². The zero-order valence-corrected chi connectivity index (χ0v) is 32.3. The molecule has 2 aromatic carbocycles. The number of benzene rings is 2. The van der Waals surface area contributed by atoms with Crippen LogP contribution in [0.25, 0.3) is 11.1 Å². The highest BCUT2D eigenvalue weighted by Gasteiger charge is 2.47. The fourth-order valence-electron chi connectivity index (χ4n) is 9.39. The number of carbonyl (C=O) groups is 5. The Balaban J connectivity index is 0.958. The largest absolute Gasteiger partial charge is 0.496 e. The molecule has 5 heterocycles. The molecule has 294 valence electrons. The lowest BCUT2D eigenvalue weighted by atomic mass is 9.91. The second-order valence-electron chi connectivity index (χ2n) is 15.8. The summed E-state index contributed by atoms with van der Waals surface area (Å²) >= 11 is 0. The molecular formula is C41H47N7O8. The molecule has 15 nitrogen and oxygen atoms in total. The number of fused-ring (bicyclic) bond motifs is 3. The SMILES string of the molecule is COc1cc(-c2cn(C)c(=O)c3c2CCN(C(=O)NC2CCC4CN(c5ccc6c(c5)C(=O)N(C5CCC(=O)NC5=O)C6=O)CC42)C3)cc(OC)c1CN(C)C. The second kappa shape index (κ2) is 14.4. The van der Waals surface area contributed by atoms with Gasteiger partial charge in [0.2, 0.25) is 11.8 Å². The first-order valence-electron chi connectivity index (χ1n) is 19.1. The number of amides is 6. The van der Waals surface area contributed by atoms with Gasteiger partial charge in [0.1, 0.15) is 17.5 Å². The van der Waals surface area contributed by atoms with E-state index >= 15 is 0 Å². The number of anilines is 1. The molecule has 3 aromatic rings. The summed E-state index contributed by atoms with van der Waals surface area (Å²) in [4.78, 5) is 85.3. The number of nitrogens with zero attached hydrogens (tertiary/aromatic N) is 5. The van der Waals surface area contributed by atoms with Gasteiger partial charge in [-0.1, -0.05) is 0 Å². The number of carbonyl (C=O) groups excluding carboxylic acids is 5. The molecule has 2 N–H and O–H groups in total. The van der Waals surface area contributed by atoms with Gasteiger partial charge in [0.05, 0.1) is 37.5 Å². The van der Waals surface area contributed by atoms with Gasteiger partial charge in [-0.25, -0.2) is 4.79 Å². The molecular weight excluding hydrogens is 718 g/mol. The number of hydrogen-bond donors (Lipinski definition) is 2. The number of urea groups is 1. The predicted octanol–water partition coefficient (Wildman–Crippen LogP) is 2.52. The first-order valence-corrected chi connectivity index (χ1v) is 19.1. The van der Waals surface area contributed by atoms with Gasteiger partial charge in [-0.05, 0) is 87.2 Å². The molecule has 15 heteroatoms. The van der Waals surface area contributed by atoms with Gasteiger partial charge in [-0.3, -0.25) is 34.2 Å². The Morgan fingerprint density at radius 3 is 2.32 bits per heavy atom. The van der Waals surface area contributed by atoms with E-state index in [0.29, 0.717) is 49.0 Å². The van der Waals surface area contributed by atoms with Crippen LogP contribution >= 0.6 is 0 Å². The van der Waals surface area contributed by atoms with Crippen LogP contribution in [0.3, 0.4) is 0 Å². The molecule has 2 saturated heterocycles. The quantitative estimate of drug-likeness (QED) is 0.326. The maximum atomic E-state index is 13.9. The van der Waals surface area contributed by atoms with E-state index in [0.717, 1.165) is 52.2 Å². The first-order chi connectivity index (χ1) is 26.9. The van der Waals surface area contributed by atoms with Crippen molar-refractivity contribution in [2.75, 3.05) is 52.8 Å². The Hall–Kier alpha value is -5.70. The molecule has 6 amide bonds. The smallest absolute Gasteiger partial charge is 0.317 e. The predicted molar refractivity (Wildman–Crippen MR) is 206 cm³/mol. The van der Waals surface area contributed by atoms with Gasteiger partial charge >= 0.3 is 6.03 Å². The maximum absolute atomic E-state index is 13.9. The summed E-state index contributed by atoms with van der Waals surface area (Å²) in [5.41, 5.74) is 5.39. The van der Waals surface area contributed by atoms with E-state index in [9.17, 15) is 28.8 Å². The van der Waals surface area contributed by atoms with Crippen LogP contribution in [0.5, 0.6) is 11.5 Å². The lowest BCUT2D eigenvalue weighted by molar-refractivity contribution is -0.136. The fourth-order valence-corrected chi connectivity index (χ4v) is 9.39. The third kappa shape index (κ3) is 6.36. The third-order valence-corrected chi connectivity index (χ3v) is 12.2. The normalized spacial score (nSPS) is 23.0. The molecule has 1 saturated carbocycles. The standard InChI is InChI=1S/C41H47N7O8/c1-44(2)18-31-34(55-4)14-23(15-35(31)56-5)28-19-45(3)38(51)30-21-46(13-12-25(28)30)41(54)42-32-9-6-22-17-47(20-29(22)32)24-7-8-26-27(16-24)40(53)48(39(26)52)33-10-11-36(49)43-37(33)50/h7-8,14-16,19,22,29,32-33H,6,9-13,17-18,20-21H2,1-5H3,(H,42,54)(H,43,49,50). The molecule has 1 aromatic heterocycles. The molecule has 4 atom stereocenters. The molecule has 0 spiro atoms. The minimum Gasteiger partial charge on any atom is -0.496 e. The van der Waals surface area contributed by atoms with Crippen molar-refractivity contribution in [1.29, 1.82) is 0 Å². The van der Waals surface area contributed by atoms with Crippen molar-refractivity contribution < 1.29 is 33.4 Å². The van der Waals surface area contributed by atoms with E-state index in [1.54, 1.807) is 42.9 Å². The van der Waals surface area contributed by atoms with E-state index < -0.39 is 29.7 Å². The van der Waals surface area contributed by atoms with Gasteiger partial charge in [0.25, 0.3) is 17.4 Å². The molecule has 56 heavy (non-hydrogen) atoms. The van der Waals surface area contributed by atoms with E-state index in [1.165, 1.54) is 0 Å². The number of aromatic nitrogens is 1. The summed E-state index contributed by atoms with van der Waals surface area (Å²) in [7, 11) is 8.97. The zero-order valence-electron chi connectivity index (χ0n) is 32.3. The molecule has 1 aliphatic carbocycles. The number of methoxy groups -OCH3 is 2. The van der Waals surface area contributed by atoms with Crippen molar-refractivity contribution in [2.24, 2.45) is 18.9 Å². The van der Waals surface area contributed by atoms with Crippen molar-refractivity contribution in [1.82, 2.24) is 29.9 Å². The molecule has 5 aliphatic rings. The Morgan fingerprint density at radius 2 is 1.62 bits per heavy atom. The Labute approximate surface area is 324 Å². The highest BCUT2D eigenvalue weighted by atomic mass is 16.5. The summed E-state index contributed by atoms with van der Waals surface area (Å²) in [6, 6.07) is 7.89. The number of nitrogens with one attached hydrogen (secondary N) is 2. The molecule has 3 fully saturated rings. The highest BCUT2D eigenvalue weighted by Crippen LogP contribution is 2.42. The average Bonchev–Trinajstić information content (AvgIpc) is 3.84. The number of rotatable bonds is 8. The van der Waals surface area contributed by atoms with Crippen molar-refractivity contribution in [3.63, 3.8) is 0 Å². The highest BCUT2D eigenvalue weighted by molar-refractivity contribution is 6.23. The Kier molecular flexibility index (Phi) is 9.59. The van der Waals surface area contributed by atoms with Crippen LogP contribution in [-0.4, -0.2) is 109 Å². The lowest BCUT2D eigenvalue weighted by Crippen LogP contribution is -2.54. The Morgan fingerprint density at radius 1 is 0.893 bits per heavy atom. The lowest BCUT2D eigenvalue weighted by Gasteiger charge is -2.32. The number of piperidine rings is 1. The van der Waals surface area contributed by atoms with Crippen LogP contribution in [0.15, 0.2) is 41.3 Å². The van der Waals surface area contributed by atoms with E-state index in [4.69, 9.17) is 9.47 Å². The number of imide groups is 2.